The molecule has 0 aliphatic carbocycles. The largest absolute Gasteiger partial charge is 0.351 e. The summed E-state index contributed by atoms with van der Waals surface area (Å²) in [4.78, 5) is 17.5. The fourth-order valence-corrected chi connectivity index (χ4v) is 2.81. The quantitative estimate of drug-likeness (QED) is 0.878. The molecule has 3 heterocycles. The lowest BCUT2D eigenvalue weighted by Gasteiger charge is -2.28. The van der Waals surface area contributed by atoms with E-state index in [0.29, 0.717) is 17.3 Å². The molecule has 0 atom stereocenters. The first-order valence-electron chi connectivity index (χ1n) is 7.58. The smallest absolute Gasteiger partial charge is 0.152 e. The molecule has 0 bridgehead atoms. The van der Waals surface area contributed by atoms with Crippen molar-refractivity contribution in [1.82, 2.24) is 19.7 Å². The summed E-state index contributed by atoms with van der Waals surface area (Å²) in [5, 5.41) is 7.91. The fraction of sp³-hybridized carbons (Fsp3) is 0.438. The topological polar surface area (TPSA) is 63.1 Å². The Morgan fingerprint density at radius 2 is 2.09 bits per heavy atom. The average Bonchev–Trinajstić information content (AvgIpc) is 2.89. The highest BCUT2D eigenvalue weighted by Crippen LogP contribution is 2.26. The number of aldehydes is 1. The van der Waals surface area contributed by atoms with Crippen LogP contribution < -0.4 is 5.32 Å². The predicted molar refractivity (Wildman–Crippen MR) is 85.6 cm³/mol. The number of piperidine rings is 1. The van der Waals surface area contributed by atoms with Gasteiger partial charge in [0.1, 0.15) is 0 Å². The Bertz CT molecular complexity index is 658. The molecule has 3 rings (SSSR count). The van der Waals surface area contributed by atoms with Crippen molar-refractivity contribution in [3.8, 4) is 0 Å². The van der Waals surface area contributed by atoms with E-state index in [1.807, 2.05) is 13.1 Å². The molecule has 2 aromatic heterocycles. The van der Waals surface area contributed by atoms with E-state index >= 15 is 0 Å². The zero-order valence-corrected chi connectivity index (χ0v) is 13.0. The second-order valence-corrected chi connectivity index (χ2v) is 5.85. The van der Waals surface area contributed by atoms with Crippen molar-refractivity contribution in [2.75, 3.05) is 25.5 Å². The molecule has 0 amide bonds. The summed E-state index contributed by atoms with van der Waals surface area (Å²) < 4.78 is 2.06. The summed E-state index contributed by atoms with van der Waals surface area (Å²) in [6.45, 7) is 4.18. The molecule has 1 N–H and O–H groups in total. The second kappa shape index (κ2) is 6.27. The molecular weight excluding hydrogens is 278 g/mol. The van der Waals surface area contributed by atoms with Gasteiger partial charge < -0.3 is 10.2 Å². The van der Waals surface area contributed by atoms with Crippen molar-refractivity contribution in [3.05, 3.63) is 35.9 Å². The van der Waals surface area contributed by atoms with E-state index in [4.69, 9.17) is 0 Å². The number of hydrogen-bond acceptors (Lipinski definition) is 5. The zero-order chi connectivity index (χ0) is 15.5. The van der Waals surface area contributed by atoms with Gasteiger partial charge in [-0.15, -0.1) is 0 Å². The zero-order valence-electron chi connectivity index (χ0n) is 13.0. The van der Waals surface area contributed by atoms with Crippen molar-refractivity contribution in [1.29, 1.82) is 0 Å². The molecular formula is C16H21N5O. The highest BCUT2D eigenvalue weighted by atomic mass is 16.1. The third kappa shape index (κ3) is 3.01. The van der Waals surface area contributed by atoms with Gasteiger partial charge >= 0.3 is 0 Å². The normalized spacial score (nSPS) is 16.6. The van der Waals surface area contributed by atoms with Crippen LogP contribution in [0.15, 0.2) is 24.7 Å². The molecule has 116 valence electrons. The summed E-state index contributed by atoms with van der Waals surface area (Å²) in [6.07, 6.45) is 8.38. The Kier molecular flexibility index (Phi) is 4.20. The number of rotatable bonds is 4. The van der Waals surface area contributed by atoms with Crippen LogP contribution in [-0.2, 0) is 0 Å². The number of carbonyl (C=O) groups excluding carboxylic acids is 1. The number of aryl methyl sites for hydroxylation is 1. The Morgan fingerprint density at radius 1 is 1.32 bits per heavy atom. The molecule has 1 fully saturated rings. The van der Waals surface area contributed by atoms with Crippen LogP contribution in [-0.4, -0.2) is 46.1 Å². The SMILES string of the molecule is Cc1nn(C2CCN(C)CC2)cc1Nc1cnccc1C=O. The first kappa shape index (κ1) is 14.7. The maximum absolute atomic E-state index is 11.1. The van der Waals surface area contributed by atoms with Crippen LogP contribution in [0.3, 0.4) is 0 Å². The molecule has 1 aliphatic rings. The minimum Gasteiger partial charge on any atom is -0.351 e. The number of pyridine rings is 1. The van der Waals surface area contributed by atoms with Gasteiger partial charge in [-0.3, -0.25) is 14.5 Å². The molecule has 6 heteroatoms. The van der Waals surface area contributed by atoms with Gasteiger partial charge in [-0.25, -0.2) is 0 Å². The van der Waals surface area contributed by atoms with Gasteiger partial charge in [-0.2, -0.15) is 5.10 Å². The monoisotopic (exact) mass is 299 g/mol. The number of nitrogens with zero attached hydrogens (tertiary/aromatic N) is 4. The van der Waals surface area contributed by atoms with Gasteiger partial charge in [-0.1, -0.05) is 0 Å². The number of aromatic nitrogens is 3. The van der Waals surface area contributed by atoms with E-state index in [-0.39, 0.29) is 0 Å². The molecule has 0 aromatic carbocycles. The van der Waals surface area contributed by atoms with Crippen LogP contribution in [0.4, 0.5) is 11.4 Å². The second-order valence-electron chi connectivity index (χ2n) is 5.85. The van der Waals surface area contributed by atoms with Gasteiger partial charge in [-0.05, 0) is 46.0 Å². The molecule has 6 nitrogen and oxygen atoms in total. The summed E-state index contributed by atoms with van der Waals surface area (Å²) in [5.41, 5.74) is 3.17. The van der Waals surface area contributed by atoms with Gasteiger partial charge in [0, 0.05) is 18.0 Å². The van der Waals surface area contributed by atoms with Gasteiger partial charge in [0.2, 0.25) is 0 Å². The van der Waals surface area contributed by atoms with Crippen molar-refractivity contribution in [2.45, 2.75) is 25.8 Å². The molecule has 0 saturated carbocycles. The van der Waals surface area contributed by atoms with Crippen molar-refractivity contribution < 1.29 is 4.79 Å². The van der Waals surface area contributed by atoms with Crippen LogP contribution >= 0.6 is 0 Å². The van der Waals surface area contributed by atoms with Crippen molar-refractivity contribution >= 4 is 17.7 Å². The van der Waals surface area contributed by atoms with Crippen LogP contribution in [0.2, 0.25) is 0 Å². The molecule has 2 aromatic rings. The van der Waals surface area contributed by atoms with Gasteiger partial charge in [0.15, 0.2) is 6.29 Å². The fourth-order valence-electron chi connectivity index (χ4n) is 2.81. The van der Waals surface area contributed by atoms with Crippen LogP contribution in [0, 0.1) is 6.92 Å². The summed E-state index contributed by atoms with van der Waals surface area (Å²) in [5.74, 6) is 0. The molecule has 0 radical (unpaired) electrons. The van der Waals surface area contributed by atoms with Crippen molar-refractivity contribution in [3.63, 3.8) is 0 Å². The third-order valence-corrected chi connectivity index (χ3v) is 4.23. The minimum absolute atomic E-state index is 0.449. The Labute approximate surface area is 130 Å². The minimum atomic E-state index is 0.449. The van der Waals surface area contributed by atoms with E-state index in [9.17, 15) is 4.79 Å². The summed E-state index contributed by atoms with van der Waals surface area (Å²) in [6, 6.07) is 2.15. The highest BCUT2D eigenvalue weighted by molar-refractivity contribution is 5.85. The predicted octanol–water partition coefficient (Wildman–Crippen LogP) is 2.41. The lowest BCUT2D eigenvalue weighted by molar-refractivity contribution is 0.112. The summed E-state index contributed by atoms with van der Waals surface area (Å²) >= 11 is 0. The Balaban J connectivity index is 1.79. The molecule has 1 saturated heterocycles. The lowest BCUT2D eigenvalue weighted by Crippen LogP contribution is -2.31. The number of carbonyl (C=O) groups is 1. The number of anilines is 2. The van der Waals surface area contributed by atoms with Gasteiger partial charge in [0.25, 0.3) is 0 Å². The van der Waals surface area contributed by atoms with E-state index in [2.05, 4.69) is 32.0 Å². The van der Waals surface area contributed by atoms with Crippen LogP contribution in [0.25, 0.3) is 0 Å². The highest BCUT2D eigenvalue weighted by Gasteiger charge is 2.20. The molecule has 0 unspecified atom stereocenters. The molecule has 1 aliphatic heterocycles. The molecule has 0 spiro atoms. The van der Waals surface area contributed by atoms with Crippen LogP contribution in [0.1, 0.15) is 34.9 Å². The first-order valence-corrected chi connectivity index (χ1v) is 7.58. The maximum Gasteiger partial charge on any atom is 0.152 e. The maximum atomic E-state index is 11.1. The average molecular weight is 299 g/mol. The Morgan fingerprint density at radius 3 is 2.82 bits per heavy atom. The number of hydrogen-bond donors (Lipinski definition) is 1. The number of nitrogens with one attached hydrogen (secondary N) is 1. The number of likely N-dealkylation sites (tertiary alicyclic amines) is 1. The van der Waals surface area contributed by atoms with E-state index in [1.165, 1.54) is 0 Å². The first-order chi connectivity index (χ1) is 10.7. The van der Waals surface area contributed by atoms with Crippen molar-refractivity contribution in [2.24, 2.45) is 0 Å². The summed E-state index contributed by atoms with van der Waals surface area (Å²) in [7, 11) is 2.15. The van der Waals surface area contributed by atoms with E-state index in [0.717, 1.165) is 43.6 Å². The Hall–Kier alpha value is -2.21. The van der Waals surface area contributed by atoms with E-state index < -0.39 is 0 Å². The molecule has 22 heavy (non-hydrogen) atoms. The van der Waals surface area contributed by atoms with Crippen LogP contribution in [0.5, 0.6) is 0 Å². The standard InChI is InChI=1S/C16H21N5O/c1-12-16(18-15-9-17-6-3-13(15)11-22)10-21(19-12)14-4-7-20(2)8-5-14/h3,6,9-11,14,18H,4-5,7-8H2,1-2H3. The lowest BCUT2D eigenvalue weighted by atomic mass is 10.1. The third-order valence-electron chi connectivity index (χ3n) is 4.23. The van der Waals surface area contributed by atoms with E-state index in [1.54, 1.807) is 18.5 Å². The van der Waals surface area contributed by atoms with Gasteiger partial charge in [0.05, 0.1) is 29.3 Å².